The van der Waals surface area contributed by atoms with Gasteiger partial charge in [-0.25, -0.2) is 9.38 Å². The second kappa shape index (κ2) is 5.84. The predicted octanol–water partition coefficient (Wildman–Crippen LogP) is 5.10. The van der Waals surface area contributed by atoms with Gasteiger partial charge in [0.2, 0.25) is 0 Å². The van der Waals surface area contributed by atoms with E-state index in [2.05, 4.69) is 4.99 Å². The summed E-state index contributed by atoms with van der Waals surface area (Å²) in [6, 6.07) is 8.12. The number of aliphatic imine (C=N–C) groups is 1. The van der Waals surface area contributed by atoms with E-state index in [1.54, 1.807) is 12.1 Å². The maximum absolute atomic E-state index is 13.8. The predicted molar refractivity (Wildman–Crippen MR) is 84.5 cm³/mol. The molecular weight excluding hydrogens is 338 g/mol. The van der Waals surface area contributed by atoms with Gasteiger partial charge in [0.1, 0.15) is 11.6 Å². The lowest BCUT2D eigenvalue weighted by Gasteiger charge is -2.08. The van der Waals surface area contributed by atoms with Crippen molar-refractivity contribution in [2.45, 2.75) is 13.1 Å². The van der Waals surface area contributed by atoms with Crippen LogP contribution in [0.25, 0.3) is 5.76 Å². The number of alkyl halides is 3. The average Bonchev–Trinajstić information content (AvgIpc) is 2.80. The van der Waals surface area contributed by atoms with E-state index in [0.29, 0.717) is 23.8 Å². The summed E-state index contributed by atoms with van der Waals surface area (Å²) in [5, 5.41) is 10.2. The summed E-state index contributed by atoms with van der Waals surface area (Å²) in [6.07, 6.45) is -4.65. The molecule has 0 saturated carbocycles. The van der Waals surface area contributed by atoms with Crippen LogP contribution in [-0.2, 0) is 6.18 Å². The molecule has 3 nitrogen and oxygen atoms in total. The van der Waals surface area contributed by atoms with E-state index in [1.165, 1.54) is 19.1 Å². The van der Waals surface area contributed by atoms with Crippen LogP contribution < -0.4 is 0 Å². The van der Waals surface area contributed by atoms with Crippen LogP contribution >= 0.6 is 0 Å². The molecule has 0 atom stereocenters. The minimum Gasteiger partial charge on any atom is -0.506 e. The molecular formula is C18H11F4NO2. The molecule has 0 spiro atoms. The first kappa shape index (κ1) is 16.9. The smallest absolute Gasteiger partial charge is 0.416 e. The molecule has 0 aliphatic heterocycles. The first-order valence-electron chi connectivity index (χ1n) is 7.20. The molecule has 0 unspecified atom stereocenters. The van der Waals surface area contributed by atoms with Gasteiger partial charge < -0.3 is 5.11 Å². The minimum absolute atomic E-state index is 0.0723. The molecule has 3 rings (SSSR count). The van der Waals surface area contributed by atoms with Crippen LogP contribution in [-0.4, -0.2) is 16.6 Å². The number of carbonyl (C=O) groups excluding carboxylic acids is 1. The standard InChI is InChI=1S/C18H11F4NO2/c1-9(15-16(24)11-4-2-3-5-12(11)17(15)25)23-14-8-10(18(20,21)22)6-7-13(14)19/h2-8,24H,1H3. The number of rotatable bonds is 2. The summed E-state index contributed by atoms with van der Waals surface area (Å²) >= 11 is 0. The Kier molecular flexibility index (Phi) is 3.94. The number of hydrogen-bond acceptors (Lipinski definition) is 3. The molecule has 0 amide bonds. The van der Waals surface area contributed by atoms with Crippen LogP contribution in [0.4, 0.5) is 23.2 Å². The molecule has 2 aromatic carbocycles. The Hall–Kier alpha value is -2.96. The number of benzene rings is 2. The molecule has 0 heterocycles. The van der Waals surface area contributed by atoms with Crippen LogP contribution in [0.3, 0.4) is 0 Å². The van der Waals surface area contributed by atoms with Gasteiger partial charge in [0.05, 0.1) is 22.5 Å². The fourth-order valence-electron chi connectivity index (χ4n) is 2.61. The highest BCUT2D eigenvalue weighted by Gasteiger charge is 2.32. The zero-order valence-electron chi connectivity index (χ0n) is 12.9. The molecule has 0 bridgehead atoms. The van der Waals surface area contributed by atoms with Gasteiger partial charge in [0.25, 0.3) is 0 Å². The third-order valence-corrected chi connectivity index (χ3v) is 3.81. The molecule has 7 heteroatoms. The Morgan fingerprint density at radius 2 is 1.72 bits per heavy atom. The number of allylic oxidation sites excluding steroid dienone is 1. The van der Waals surface area contributed by atoms with Crippen molar-refractivity contribution in [3.8, 4) is 0 Å². The molecule has 0 saturated heterocycles. The number of nitrogens with zero attached hydrogens (tertiary/aromatic N) is 1. The maximum Gasteiger partial charge on any atom is 0.416 e. The molecule has 0 fully saturated rings. The van der Waals surface area contributed by atoms with Crippen molar-refractivity contribution in [2.75, 3.05) is 0 Å². The Morgan fingerprint density at radius 1 is 1.08 bits per heavy atom. The highest BCUT2D eigenvalue weighted by molar-refractivity contribution is 6.35. The second-order valence-corrected chi connectivity index (χ2v) is 5.46. The lowest BCUT2D eigenvalue weighted by molar-refractivity contribution is -0.137. The summed E-state index contributed by atoms with van der Waals surface area (Å²) in [5.41, 5.74) is -1.28. The van der Waals surface area contributed by atoms with E-state index in [9.17, 15) is 27.5 Å². The molecule has 1 aliphatic carbocycles. The fraction of sp³-hybridized carbons (Fsp3) is 0.111. The first-order valence-corrected chi connectivity index (χ1v) is 7.20. The number of ketones is 1. The van der Waals surface area contributed by atoms with Gasteiger partial charge >= 0.3 is 6.18 Å². The highest BCUT2D eigenvalue weighted by atomic mass is 19.4. The van der Waals surface area contributed by atoms with Gasteiger partial charge in [-0.3, -0.25) is 4.79 Å². The topological polar surface area (TPSA) is 49.7 Å². The van der Waals surface area contributed by atoms with Gasteiger partial charge in [0, 0.05) is 11.1 Å². The molecule has 2 aromatic rings. The van der Waals surface area contributed by atoms with Crippen molar-refractivity contribution in [2.24, 2.45) is 4.99 Å². The third-order valence-electron chi connectivity index (χ3n) is 3.81. The minimum atomic E-state index is -4.65. The number of halogens is 4. The molecule has 0 radical (unpaired) electrons. The summed E-state index contributed by atoms with van der Waals surface area (Å²) in [6.45, 7) is 1.33. The van der Waals surface area contributed by atoms with E-state index in [-0.39, 0.29) is 22.6 Å². The second-order valence-electron chi connectivity index (χ2n) is 5.46. The van der Waals surface area contributed by atoms with E-state index in [0.717, 1.165) is 0 Å². The van der Waals surface area contributed by atoms with Crippen molar-refractivity contribution < 1.29 is 27.5 Å². The summed E-state index contributed by atoms with van der Waals surface area (Å²) < 4.78 is 52.1. The Bertz CT molecular complexity index is 942. The van der Waals surface area contributed by atoms with Crippen LogP contribution in [0.1, 0.15) is 28.4 Å². The first-order chi connectivity index (χ1) is 11.7. The number of Topliss-reactive ketones (excluding diaryl/α,β-unsaturated/α-hetero) is 1. The van der Waals surface area contributed by atoms with Crippen molar-refractivity contribution in [3.63, 3.8) is 0 Å². The quantitative estimate of drug-likeness (QED) is 0.605. The fourth-order valence-corrected chi connectivity index (χ4v) is 2.61. The van der Waals surface area contributed by atoms with Crippen LogP contribution in [0.15, 0.2) is 53.0 Å². The number of hydrogen-bond donors (Lipinski definition) is 1. The average molecular weight is 349 g/mol. The normalized spacial score (nSPS) is 14.9. The number of carbonyl (C=O) groups is 1. The SMILES string of the molecule is CC(=Nc1cc(C(F)(F)F)ccc1F)C1=C(O)c2ccccc2C1=O. The van der Waals surface area contributed by atoms with Crippen molar-refractivity contribution >= 4 is 22.9 Å². The third kappa shape index (κ3) is 2.93. The van der Waals surface area contributed by atoms with E-state index in [1.807, 2.05) is 0 Å². The zero-order chi connectivity index (χ0) is 18.4. The maximum atomic E-state index is 13.8. The number of aliphatic hydroxyl groups excluding tert-OH is 1. The van der Waals surface area contributed by atoms with E-state index >= 15 is 0 Å². The van der Waals surface area contributed by atoms with Crippen molar-refractivity contribution in [1.29, 1.82) is 0 Å². The lowest BCUT2D eigenvalue weighted by Crippen LogP contribution is -2.08. The van der Waals surface area contributed by atoms with Gasteiger partial charge in [-0.15, -0.1) is 0 Å². The zero-order valence-corrected chi connectivity index (χ0v) is 12.9. The molecule has 1 N–H and O–H groups in total. The Morgan fingerprint density at radius 3 is 2.32 bits per heavy atom. The van der Waals surface area contributed by atoms with Gasteiger partial charge in [-0.2, -0.15) is 13.2 Å². The van der Waals surface area contributed by atoms with E-state index in [4.69, 9.17) is 0 Å². The monoisotopic (exact) mass is 349 g/mol. The Balaban J connectivity index is 2.07. The van der Waals surface area contributed by atoms with E-state index < -0.39 is 29.0 Å². The highest BCUT2D eigenvalue weighted by Crippen LogP contribution is 2.35. The number of fused-ring (bicyclic) bond motifs is 1. The molecule has 25 heavy (non-hydrogen) atoms. The van der Waals surface area contributed by atoms with Crippen LogP contribution in [0.5, 0.6) is 0 Å². The lowest BCUT2D eigenvalue weighted by atomic mass is 10.1. The summed E-state index contributed by atoms with van der Waals surface area (Å²) in [4.78, 5) is 16.2. The summed E-state index contributed by atoms with van der Waals surface area (Å²) in [5.74, 6) is -1.80. The van der Waals surface area contributed by atoms with Gasteiger partial charge in [0.15, 0.2) is 5.78 Å². The molecule has 1 aliphatic rings. The van der Waals surface area contributed by atoms with Gasteiger partial charge in [-0.1, -0.05) is 24.3 Å². The summed E-state index contributed by atoms with van der Waals surface area (Å²) in [7, 11) is 0. The molecule has 128 valence electrons. The number of aliphatic hydroxyl groups is 1. The van der Waals surface area contributed by atoms with Crippen molar-refractivity contribution in [1.82, 2.24) is 0 Å². The van der Waals surface area contributed by atoms with Crippen LogP contribution in [0.2, 0.25) is 0 Å². The largest absolute Gasteiger partial charge is 0.506 e. The van der Waals surface area contributed by atoms with Crippen molar-refractivity contribution in [3.05, 3.63) is 70.5 Å². The molecule has 0 aromatic heterocycles. The van der Waals surface area contributed by atoms with Gasteiger partial charge in [-0.05, 0) is 25.1 Å². The van der Waals surface area contributed by atoms with Crippen LogP contribution in [0, 0.1) is 5.82 Å². The Labute approximate surface area is 139 Å².